The molecule has 1 aromatic carbocycles. The fourth-order valence-electron chi connectivity index (χ4n) is 1.88. The summed E-state index contributed by atoms with van der Waals surface area (Å²) in [4.78, 5) is 11.7. The van der Waals surface area contributed by atoms with Crippen LogP contribution in [-0.4, -0.2) is 18.5 Å². The molecule has 0 unspecified atom stereocenters. The zero-order valence-corrected chi connectivity index (χ0v) is 9.82. The van der Waals surface area contributed by atoms with Crippen molar-refractivity contribution in [2.24, 2.45) is 0 Å². The van der Waals surface area contributed by atoms with Crippen molar-refractivity contribution in [2.75, 3.05) is 7.11 Å². The van der Waals surface area contributed by atoms with E-state index in [4.69, 9.17) is 9.47 Å². The van der Waals surface area contributed by atoms with Gasteiger partial charge in [0, 0.05) is 6.42 Å². The van der Waals surface area contributed by atoms with E-state index in [-0.39, 0.29) is 11.9 Å². The predicted octanol–water partition coefficient (Wildman–Crippen LogP) is 2.50. The van der Waals surface area contributed by atoms with Gasteiger partial charge in [0.15, 0.2) is 5.78 Å². The van der Waals surface area contributed by atoms with Crippen molar-refractivity contribution in [3.05, 3.63) is 29.8 Å². The first-order chi connectivity index (χ1) is 7.53. The normalized spacial score (nSPS) is 23.4. The van der Waals surface area contributed by atoms with Crippen LogP contribution in [0.2, 0.25) is 0 Å². The maximum absolute atomic E-state index is 11.7. The van der Waals surface area contributed by atoms with Crippen molar-refractivity contribution in [3.8, 4) is 5.75 Å². The number of carbonyl (C=O) groups is 1. The van der Waals surface area contributed by atoms with Gasteiger partial charge in [0.25, 0.3) is 0 Å². The summed E-state index contributed by atoms with van der Waals surface area (Å²) in [7, 11) is 1.63. The molecule has 3 nitrogen and oxygen atoms in total. The van der Waals surface area contributed by atoms with Gasteiger partial charge in [-0.15, -0.1) is 0 Å². The maximum Gasteiger partial charge on any atom is 0.167 e. The molecule has 3 heteroatoms. The molecule has 1 fully saturated rings. The average Bonchev–Trinajstić information content (AvgIpc) is 2.54. The number of Topliss-reactive ketones (excluding diaryl/α,β-unsaturated/α-hetero) is 1. The monoisotopic (exact) mass is 220 g/mol. The third kappa shape index (κ3) is 1.95. The molecule has 2 rings (SSSR count). The van der Waals surface area contributed by atoms with Crippen LogP contribution in [0.3, 0.4) is 0 Å². The van der Waals surface area contributed by atoms with Gasteiger partial charge in [0.1, 0.15) is 11.4 Å². The summed E-state index contributed by atoms with van der Waals surface area (Å²) in [6, 6.07) is 7.65. The van der Waals surface area contributed by atoms with Crippen LogP contribution in [-0.2, 0) is 9.53 Å². The molecule has 0 amide bonds. The first-order valence-corrected chi connectivity index (χ1v) is 5.38. The standard InChI is InChI=1S/C13H16O3/c1-13(2)12(14)8-11(16-13)9-4-6-10(15-3)7-5-9/h4-7,11H,8H2,1-3H3/t11-/m0/s1. The molecule has 0 aliphatic carbocycles. The van der Waals surface area contributed by atoms with Crippen molar-refractivity contribution in [1.82, 2.24) is 0 Å². The van der Waals surface area contributed by atoms with Crippen LogP contribution in [0.25, 0.3) is 0 Å². The Hall–Kier alpha value is -1.35. The van der Waals surface area contributed by atoms with Crippen LogP contribution >= 0.6 is 0 Å². The third-order valence-electron chi connectivity index (χ3n) is 2.97. The van der Waals surface area contributed by atoms with E-state index in [2.05, 4.69) is 0 Å². The van der Waals surface area contributed by atoms with E-state index >= 15 is 0 Å². The van der Waals surface area contributed by atoms with Crippen LogP contribution < -0.4 is 4.74 Å². The summed E-state index contributed by atoms with van der Waals surface area (Å²) < 4.78 is 10.8. The predicted molar refractivity (Wildman–Crippen MR) is 60.5 cm³/mol. The molecule has 16 heavy (non-hydrogen) atoms. The number of benzene rings is 1. The van der Waals surface area contributed by atoms with Crippen LogP contribution in [0.4, 0.5) is 0 Å². The Morgan fingerprint density at radius 3 is 2.38 bits per heavy atom. The quantitative estimate of drug-likeness (QED) is 0.768. The molecule has 0 spiro atoms. The van der Waals surface area contributed by atoms with Gasteiger partial charge in [-0.25, -0.2) is 0 Å². The van der Waals surface area contributed by atoms with Crippen molar-refractivity contribution in [2.45, 2.75) is 32.0 Å². The summed E-state index contributed by atoms with van der Waals surface area (Å²) in [6.45, 7) is 3.64. The van der Waals surface area contributed by atoms with Crippen LogP contribution in [0.1, 0.15) is 31.9 Å². The van der Waals surface area contributed by atoms with Gasteiger partial charge in [-0.3, -0.25) is 4.79 Å². The third-order valence-corrected chi connectivity index (χ3v) is 2.97. The summed E-state index contributed by atoms with van der Waals surface area (Å²) in [5.41, 5.74) is 0.379. The number of carbonyl (C=O) groups excluding carboxylic acids is 1. The fourth-order valence-corrected chi connectivity index (χ4v) is 1.88. The Morgan fingerprint density at radius 2 is 1.94 bits per heavy atom. The molecule has 0 radical (unpaired) electrons. The molecular weight excluding hydrogens is 204 g/mol. The van der Waals surface area contributed by atoms with Crippen LogP contribution in [0.15, 0.2) is 24.3 Å². The van der Waals surface area contributed by atoms with E-state index in [0.29, 0.717) is 6.42 Å². The number of ketones is 1. The first-order valence-electron chi connectivity index (χ1n) is 5.38. The highest BCUT2D eigenvalue weighted by Crippen LogP contribution is 2.36. The van der Waals surface area contributed by atoms with E-state index in [1.165, 1.54) is 0 Å². The van der Waals surface area contributed by atoms with E-state index in [9.17, 15) is 4.79 Å². The minimum atomic E-state index is -0.648. The van der Waals surface area contributed by atoms with Crippen LogP contribution in [0, 0.1) is 0 Å². The molecule has 86 valence electrons. The first kappa shape index (κ1) is 11.1. The second kappa shape index (κ2) is 3.91. The van der Waals surface area contributed by atoms with Crippen molar-refractivity contribution < 1.29 is 14.3 Å². The maximum atomic E-state index is 11.7. The molecule has 1 heterocycles. The van der Waals surface area contributed by atoms with Gasteiger partial charge >= 0.3 is 0 Å². The SMILES string of the molecule is COc1ccc([C@@H]2CC(=O)C(C)(C)O2)cc1. The lowest BCUT2D eigenvalue weighted by Crippen LogP contribution is -2.26. The molecule has 1 aliphatic rings. The van der Waals surface area contributed by atoms with Crippen molar-refractivity contribution >= 4 is 5.78 Å². The molecule has 1 aliphatic heterocycles. The van der Waals surface area contributed by atoms with Gasteiger partial charge in [0.05, 0.1) is 13.2 Å². The van der Waals surface area contributed by atoms with Gasteiger partial charge in [-0.1, -0.05) is 12.1 Å². The molecular formula is C13H16O3. The number of ether oxygens (including phenoxy) is 2. The van der Waals surface area contributed by atoms with Gasteiger partial charge in [-0.05, 0) is 31.5 Å². The summed E-state index contributed by atoms with van der Waals surface area (Å²) in [5, 5.41) is 0. The molecule has 0 bridgehead atoms. The summed E-state index contributed by atoms with van der Waals surface area (Å²) in [6.07, 6.45) is 0.340. The minimum absolute atomic E-state index is 0.117. The topological polar surface area (TPSA) is 35.5 Å². The van der Waals surface area contributed by atoms with E-state index in [0.717, 1.165) is 11.3 Å². The Kier molecular flexibility index (Phi) is 2.72. The largest absolute Gasteiger partial charge is 0.497 e. The molecule has 0 N–H and O–H groups in total. The molecule has 0 saturated carbocycles. The smallest absolute Gasteiger partial charge is 0.167 e. The minimum Gasteiger partial charge on any atom is -0.497 e. The van der Waals surface area contributed by atoms with Crippen molar-refractivity contribution in [1.29, 1.82) is 0 Å². The lowest BCUT2D eigenvalue weighted by atomic mass is 10.0. The molecule has 1 aromatic rings. The van der Waals surface area contributed by atoms with Gasteiger partial charge in [0.2, 0.25) is 0 Å². The number of rotatable bonds is 2. The summed E-state index contributed by atoms with van der Waals surface area (Å²) in [5.74, 6) is 0.973. The Bertz CT molecular complexity index is 392. The van der Waals surface area contributed by atoms with E-state index in [1.54, 1.807) is 7.11 Å². The second-order valence-electron chi connectivity index (χ2n) is 4.52. The van der Waals surface area contributed by atoms with Gasteiger partial charge < -0.3 is 9.47 Å². The Balaban J connectivity index is 2.17. The highest BCUT2D eigenvalue weighted by Gasteiger charge is 2.40. The Morgan fingerprint density at radius 1 is 1.31 bits per heavy atom. The zero-order chi connectivity index (χ0) is 11.8. The number of hydrogen-bond acceptors (Lipinski definition) is 3. The molecule has 1 saturated heterocycles. The summed E-state index contributed by atoms with van der Waals surface area (Å²) >= 11 is 0. The van der Waals surface area contributed by atoms with Crippen molar-refractivity contribution in [3.63, 3.8) is 0 Å². The highest BCUT2D eigenvalue weighted by atomic mass is 16.5. The lowest BCUT2D eigenvalue weighted by Gasteiger charge is -2.17. The number of hydrogen-bond donors (Lipinski definition) is 0. The van der Waals surface area contributed by atoms with Gasteiger partial charge in [-0.2, -0.15) is 0 Å². The van der Waals surface area contributed by atoms with Crippen LogP contribution in [0.5, 0.6) is 5.75 Å². The molecule has 0 aromatic heterocycles. The Labute approximate surface area is 95.4 Å². The average molecular weight is 220 g/mol. The highest BCUT2D eigenvalue weighted by molar-refractivity contribution is 5.88. The van der Waals surface area contributed by atoms with E-state index in [1.807, 2.05) is 38.1 Å². The lowest BCUT2D eigenvalue weighted by molar-refractivity contribution is -0.129. The van der Waals surface area contributed by atoms with E-state index < -0.39 is 5.60 Å². The fraction of sp³-hybridized carbons (Fsp3) is 0.462. The number of methoxy groups -OCH3 is 1. The second-order valence-corrected chi connectivity index (χ2v) is 4.52. The zero-order valence-electron chi connectivity index (χ0n) is 9.82. The molecule has 1 atom stereocenters.